The summed E-state index contributed by atoms with van der Waals surface area (Å²) in [5, 5.41) is 2.67. The molecule has 1 amide bonds. The summed E-state index contributed by atoms with van der Waals surface area (Å²) in [6.45, 7) is 3.84. The molecule has 0 aliphatic carbocycles. The summed E-state index contributed by atoms with van der Waals surface area (Å²) in [6, 6.07) is 9.21. The number of esters is 1. The maximum atomic E-state index is 12.7. The number of nitrogens with zero attached hydrogens (tertiary/aromatic N) is 2. The van der Waals surface area contributed by atoms with Crippen LogP contribution in [0.15, 0.2) is 35.1 Å². The molecule has 0 saturated carbocycles. The van der Waals surface area contributed by atoms with Crippen LogP contribution in [0.25, 0.3) is 5.69 Å². The second kappa shape index (κ2) is 8.32. The highest BCUT2D eigenvalue weighted by Crippen LogP contribution is 2.14. The zero-order valence-corrected chi connectivity index (χ0v) is 14.7. The van der Waals surface area contributed by atoms with Crippen molar-refractivity contribution in [3.8, 4) is 5.69 Å². The summed E-state index contributed by atoms with van der Waals surface area (Å²) in [4.78, 5) is 36.0. The molecule has 0 fully saturated rings. The highest BCUT2D eigenvalue weighted by Gasteiger charge is 2.18. The molecule has 0 aliphatic heterocycles. The number of hydrogen-bond acceptors (Lipinski definition) is 4. The van der Waals surface area contributed by atoms with Gasteiger partial charge in [0.1, 0.15) is 5.69 Å². The third-order valence-corrected chi connectivity index (χ3v) is 3.91. The van der Waals surface area contributed by atoms with Crippen LogP contribution in [0.1, 0.15) is 31.9 Å². The predicted octanol–water partition coefficient (Wildman–Crippen LogP) is 2.16. The molecule has 1 heterocycles. The molecule has 0 spiro atoms. The third kappa shape index (κ3) is 4.37. The number of rotatable bonds is 7. The van der Waals surface area contributed by atoms with E-state index < -0.39 is 0 Å². The van der Waals surface area contributed by atoms with Crippen LogP contribution in [0.3, 0.4) is 0 Å². The first-order valence-electron chi connectivity index (χ1n) is 8.25. The Morgan fingerprint density at radius 2 is 1.84 bits per heavy atom. The lowest BCUT2D eigenvalue weighted by atomic mass is 10.2. The minimum atomic E-state index is -0.322. The van der Waals surface area contributed by atoms with Crippen molar-refractivity contribution in [2.75, 3.05) is 11.9 Å². The van der Waals surface area contributed by atoms with Crippen molar-refractivity contribution in [2.45, 2.75) is 33.1 Å². The molecule has 2 rings (SSSR count). The minimum Gasteiger partial charge on any atom is -0.466 e. The summed E-state index contributed by atoms with van der Waals surface area (Å²) < 4.78 is 8.02. The molecule has 25 heavy (non-hydrogen) atoms. The molecule has 1 aromatic carbocycles. The van der Waals surface area contributed by atoms with Gasteiger partial charge >= 0.3 is 5.97 Å². The Balaban J connectivity index is 2.09. The molecule has 7 heteroatoms. The molecule has 0 aliphatic rings. The van der Waals surface area contributed by atoms with E-state index in [0.29, 0.717) is 18.7 Å². The zero-order chi connectivity index (χ0) is 18.4. The molecule has 0 bridgehead atoms. The van der Waals surface area contributed by atoms with E-state index in [9.17, 15) is 14.4 Å². The lowest BCUT2D eigenvalue weighted by molar-refractivity contribution is -0.143. The fraction of sp³-hybridized carbons (Fsp3) is 0.389. The molecule has 0 unspecified atom stereocenters. The molecule has 2 aromatic rings. The molecule has 1 N–H and O–H groups in total. The van der Waals surface area contributed by atoms with Crippen LogP contribution in [0.2, 0.25) is 0 Å². The fourth-order valence-corrected chi connectivity index (χ4v) is 2.54. The quantitative estimate of drug-likeness (QED) is 0.780. The lowest BCUT2D eigenvalue weighted by Gasteiger charge is -2.07. The summed E-state index contributed by atoms with van der Waals surface area (Å²) in [5.41, 5.74) is 1.35. The topological polar surface area (TPSA) is 82.3 Å². The van der Waals surface area contributed by atoms with Crippen LogP contribution < -0.4 is 10.9 Å². The Labute approximate surface area is 146 Å². The number of carbonyl (C=O) groups is 2. The minimum absolute atomic E-state index is 0.151. The maximum Gasteiger partial charge on any atom is 0.305 e. The van der Waals surface area contributed by atoms with Gasteiger partial charge in [0, 0.05) is 19.9 Å². The first-order valence-corrected chi connectivity index (χ1v) is 8.25. The Morgan fingerprint density at radius 3 is 2.48 bits per heavy atom. The monoisotopic (exact) mass is 345 g/mol. The van der Waals surface area contributed by atoms with Gasteiger partial charge in [-0.05, 0) is 32.4 Å². The standard InChI is InChI=1S/C18H23N3O4/c1-4-25-16(23)12-8-11-15(22)19-17-13(2)20(3)21(18(17)24)14-9-6-5-7-10-14/h5-7,9-10H,4,8,11-12H2,1-3H3,(H,19,22). The highest BCUT2D eigenvalue weighted by atomic mass is 16.5. The average Bonchev–Trinajstić information content (AvgIpc) is 2.79. The number of benzene rings is 1. The van der Waals surface area contributed by atoms with E-state index >= 15 is 0 Å². The SMILES string of the molecule is CCOC(=O)CCCC(=O)Nc1c(C)n(C)n(-c2ccccc2)c1=O. The van der Waals surface area contributed by atoms with Gasteiger partial charge in [-0.1, -0.05) is 18.2 Å². The maximum absolute atomic E-state index is 12.7. The summed E-state index contributed by atoms with van der Waals surface area (Å²) in [7, 11) is 1.76. The molecule has 7 nitrogen and oxygen atoms in total. The van der Waals surface area contributed by atoms with Gasteiger partial charge in [0.2, 0.25) is 5.91 Å². The third-order valence-electron chi connectivity index (χ3n) is 3.91. The van der Waals surface area contributed by atoms with E-state index in [1.54, 1.807) is 25.6 Å². The smallest absolute Gasteiger partial charge is 0.305 e. The van der Waals surface area contributed by atoms with E-state index in [1.807, 2.05) is 30.3 Å². The normalized spacial score (nSPS) is 10.5. The van der Waals surface area contributed by atoms with Crippen molar-refractivity contribution >= 4 is 17.6 Å². The van der Waals surface area contributed by atoms with Crippen molar-refractivity contribution in [1.82, 2.24) is 9.36 Å². The van der Waals surface area contributed by atoms with Crippen LogP contribution in [-0.2, 0) is 21.4 Å². The van der Waals surface area contributed by atoms with Crippen LogP contribution in [0.5, 0.6) is 0 Å². The van der Waals surface area contributed by atoms with Crippen molar-refractivity contribution in [3.05, 3.63) is 46.4 Å². The second-order valence-electron chi connectivity index (χ2n) is 5.64. The summed E-state index contributed by atoms with van der Waals surface area (Å²) in [6.07, 6.45) is 0.713. The molecule has 134 valence electrons. The molecule has 0 saturated heterocycles. The lowest BCUT2D eigenvalue weighted by Crippen LogP contribution is -2.22. The van der Waals surface area contributed by atoms with E-state index in [-0.39, 0.29) is 36.0 Å². The van der Waals surface area contributed by atoms with Crippen molar-refractivity contribution in [2.24, 2.45) is 7.05 Å². The Bertz CT molecular complexity index is 806. The van der Waals surface area contributed by atoms with E-state index in [2.05, 4.69) is 5.32 Å². The molecule has 1 aromatic heterocycles. The second-order valence-corrected chi connectivity index (χ2v) is 5.64. The molecule has 0 radical (unpaired) electrons. The number of anilines is 1. The first kappa shape index (κ1) is 18.5. The van der Waals surface area contributed by atoms with Crippen molar-refractivity contribution in [1.29, 1.82) is 0 Å². The number of ether oxygens (including phenoxy) is 1. The number of nitrogens with one attached hydrogen (secondary N) is 1. The predicted molar refractivity (Wildman–Crippen MR) is 94.9 cm³/mol. The first-order chi connectivity index (χ1) is 12.0. The van der Waals surface area contributed by atoms with Crippen LogP contribution >= 0.6 is 0 Å². The number of carbonyl (C=O) groups excluding carboxylic acids is 2. The largest absolute Gasteiger partial charge is 0.466 e. The van der Waals surface area contributed by atoms with Crippen molar-refractivity contribution in [3.63, 3.8) is 0 Å². The van der Waals surface area contributed by atoms with Gasteiger partial charge in [-0.15, -0.1) is 0 Å². The molecular weight excluding hydrogens is 322 g/mol. The van der Waals surface area contributed by atoms with Gasteiger partial charge in [-0.25, -0.2) is 4.68 Å². The van der Waals surface area contributed by atoms with Gasteiger partial charge in [-0.3, -0.25) is 19.1 Å². The number of amides is 1. The van der Waals surface area contributed by atoms with Crippen molar-refractivity contribution < 1.29 is 14.3 Å². The summed E-state index contributed by atoms with van der Waals surface area (Å²) in [5.74, 6) is -0.618. The van der Waals surface area contributed by atoms with E-state index in [4.69, 9.17) is 4.74 Å². The number of hydrogen-bond donors (Lipinski definition) is 1. The van der Waals surface area contributed by atoms with E-state index in [0.717, 1.165) is 5.69 Å². The van der Waals surface area contributed by atoms with Crippen LogP contribution in [0.4, 0.5) is 5.69 Å². The summed E-state index contributed by atoms with van der Waals surface area (Å²) >= 11 is 0. The number of para-hydroxylation sites is 1. The Hall–Kier alpha value is -2.83. The molecule has 0 atom stereocenters. The van der Waals surface area contributed by atoms with Gasteiger partial charge in [0.25, 0.3) is 5.56 Å². The van der Waals surface area contributed by atoms with Gasteiger partial charge < -0.3 is 10.1 Å². The van der Waals surface area contributed by atoms with Gasteiger partial charge in [0.05, 0.1) is 18.0 Å². The van der Waals surface area contributed by atoms with Crippen LogP contribution in [0, 0.1) is 6.92 Å². The number of aromatic nitrogens is 2. The van der Waals surface area contributed by atoms with E-state index in [1.165, 1.54) is 4.68 Å². The van der Waals surface area contributed by atoms with Crippen LogP contribution in [-0.4, -0.2) is 27.8 Å². The average molecular weight is 345 g/mol. The highest BCUT2D eigenvalue weighted by molar-refractivity contribution is 5.91. The Morgan fingerprint density at radius 1 is 1.16 bits per heavy atom. The Kier molecular flexibility index (Phi) is 6.16. The zero-order valence-electron chi connectivity index (χ0n) is 14.7. The van der Waals surface area contributed by atoms with Gasteiger partial charge in [0.15, 0.2) is 0 Å². The fourth-order valence-electron chi connectivity index (χ4n) is 2.54. The molecular formula is C18H23N3O4. The van der Waals surface area contributed by atoms with Gasteiger partial charge in [-0.2, -0.15) is 0 Å².